The molecule has 110 valence electrons. The maximum Gasteiger partial charge on any atom is 0.350 e. The zero-order chi connectivity index (χ0) is 14.7. The number of nitro groups is 1. The van der Waals surface area contributed by atoms with Crippen LogP contribution in [-0.4, -0.2) is 64.0 Å². The number of rotatable bonds is 4. The molecule has 0 bridgehead atoms. The predicted molar refractivity (Wildman–Crippen MR) is 71.9 cm³/mol. The quantitative estimate of drug-likeness (QED) is 0.543. The first-order valence-corrected chi connectivity index (χ1v) is 6.36. The van der Waals surface area contributed by atoms with Crippen LogP contribution in [0.1, 0.15) is 0 Å². The molecule has 1 N–H and O–H groups in total. The van der Waals surface area contributed by atoms with Gasteiger partial charge in [-0.2, -0.15) is 0 Å². The second-order valence-corrected chi connectivity index (χ2v) is 4.87. The van der Waals surface area contributed by atoms with Crippen molar-refractivity contribution < 1.29 is 4.92 Å². The Morgan fingerprint density at radius 2 is 1.90 bits per heavy atom. The second kappa shape index (κ2) is 5.97. The smallest absolute Gasteiger partial charge is 0.304 e. The summed E-state index contributed by atoms with van der Waals surface area (Å²) in [5, 5.41) is 10.7. The molecular formula is C11H17N5O4. The normalized spacial score (nSPS) is 17.2. The molecule has 2 heterocycles. The summed E-state index contributed by atoms with van der Waals surface area (Å²) in [5.74, 6) is 0. The van der Waals surface area contributed by atoms with Crippen molar-refractivity contribution in [3.63, 3.8) is 0 Å². The van der Waals surface area contributed by atoms with Gasteiger partial charge in [-0.3, -0.25) is 29.4 Å². The molecule has 1 aliphatic heterocycles. The molecule has 1 aromatic heterocycles. The van der Waals surface area contributed by atoms with Crippen LogP contribution in [0.3, 0.4) is 0 Å². The molecule has 9 heteroatoms. The van der Waals surface area contributed by atoms with E-state index in [1.54, 1.807) is 0 Å². The molecule has 1 aromatic rings. The zero-order valence-electron chi connectivity index (χ0n) is 11.2. The fourth-order valence-electron chi connectivity index (χ4n) is 2.11. The number of aromatic amines is 1. The fourth-order valence-corrected chi connectivity index (χ4v) is 2.11. The van der Waals surface area contributed by atoms with Crippen molar-refractivity contribution in [1.29, 1.82) is 0 Å². The van der Waals surface area contributed by atoms with Crippen molar-refractivity contribution >= 4 is 5.69 Å². The van der Waals surface area contributed by atoms with Gasteiger partial charge in [-0.15, -0.1) is 0 Å². The maximum atomic E-state index is 11.6. The summed E-state index contributed by atoms with van der Waals surface area (Å²) in [7, 11) is 2.05. The Morgan fingerprint density at radius 1 is 1.25 bits per heavy atom. The molecule has 0 aromatic carbocycles. The van der Waals surface area contributed by atoms with Crippen molar-refractivity contribution in [2.24, 2.45) is 0 Å². The van der Waals surface area contributed by atoms with Crippen LogP contribution in [0, 0.1) is 10.1 Å². The molecular weight excluding hydrogens is 266 g/mol. The van der Waals surface area contributed by atoms with Gasteiger partial charge in [-0.25, -0.2) is 4.79 Å². The van der Waals surface area contributed by atoms with Gasteiger partial charge in [0, 0.05) is 39.3 Å². The van der Waals surface area contributed by atoms with Crippen molar-refractivity contribution in [2.75, 3.05) is 39.8 Å². The molecule has 9 nitrogen and oxygen atoms in total. The van der Waals surface area contributed by atoms with E-state index in [2.05, 4.69) is 9.80 Å². The van der Waals surface area contributed by atoms with Gasteiger partial charge in [0.1, 0.15) is 0 Å². The Labute approximate surface area is 114 Å². The molecule has 0 saturated carbocycles. The van der Waals surface area contributed by atoms with Crippen LogP contribution in [0.15, 0.2) is 15.8 Å². The third-order valence-corrected chi connectivity index (χ3v) is 3.44. The van der Waals surface area contributed by atoms with Crippen LogP contribution in [-0.2, 0) is 6.54 Å². The van der Waals surface area contributed by atoms with Crippen molar-refractivity contribution in [1.82, 2.24) is 19.4 Å². The Morgan fingerprint density at radius 3 is 2.50 bits per heavy atom. The number of nitrogens with one attached hydrogen (secondary N) is 1. The molecule has 0 unspecified atom stereocenters. The Hall–Kier alpha value is -2.00. The number of hydrogen-bond acceptors (Lipinski definition) is 6. The minimum atomic E-state index is -0.962. The number of aromatic nitrogens is 2. The van der Waals surface area contributed by atoms with E-state index in [1.165, 1.54) is 4.57 Å². The fraction of sp³-hybridized carbons (Fsp3) is 0.636. The van der Waals surface area contributed by atoms with E-state index in [0.29, 0.717) is 13.1 Å². The molecule has 0 radical (unpaired) electrons. The summed E-state index contributed by atoms with van der Waals surface area (Å²) < 4.78 is 1.18. The highest BCUT2D eigenvalue weighted by molar-refractivity contribution is 5.20. The van der Waals surface area contributed by atoms with Crippen LogP contribution in [0.5, 0.6) is 0 Å². The van der Waals surface area contributed by atoms with Crippen molar-refractivity contribution in [2.45, 2.75) is 6.54 Å². The lowest BCUT2D eigenvalue weighted by Crippen LogP contribution is -2.46. The Kier molecular flexibility index (Phi) is 4.30. The monoisotopic (exact) mass is 283 g/mol. The highest BCUT2D eigenvalue weighted by Gasteiger charge is 2.17. The van der Waals surface area contributed by atoms with Gasteiger partial charge in [-0.05, 0) is 7.05 Å². The Bertz CT molecular complexity index is 600. The van der Waals surface area contributed by atoms with Gasteiger partial charge in [0.05, 0.1) is 11.1 Å². The standard InChI is InChI=1S/C11H17N5O4/c1-13-2-4-14(5-3-13)6-7-15-8-9(16(19)20)10(17)12-11(15)18/h8H,2-7H2,1H3,(H,12,17,18). The van der Waals surface area contributed by atoms with E-state index < -0.39 is 21.9 Å². The molecule has 20 heavy (non-hydrogen) atoms. The third-order valence-electron chi connectivity index (χ3n) is 3.44. The van der Waals surface area contributed by atoms with Crippen LogP contribution in [0.2, 0.25) is 0 Å². The molecule has 0 atom stereocenters. The van der Waals surface area contributed by atoms with Gasteiger partial charge in [-0.1, -0.05) is 0 Å². The largest absolute Gasteiger partial charge is 0.350 e. The first-order chi connectivity index (χ1) is 9.47. The van der Waals surface area contributed by atoms with Gasteiger partial charge in [0.2, 0.25) is 0 Å². The molecule has 1 saturated heterocycles. The average molecular weight is 283 g/mol. The summed E-state index contributed by atoms with van der Waals surface area (Å²) >= 11 is 0. The van der Waals surface area contributed by atoms with Crippen molar-refractivity contribution in [3.8, 4) is 0 Å². The minimum Gasteiger partial charge on any atom is -0.304 e. The maximum absolute atomic E-state index is 11.6. The van der Waals surface area contributed by atoms with Gasteiger partial charge in [0.25, 0.3) is 0 Å². The predicted octanol–water partition coefficient (Wildman–Crippen LogP) is -1.31. The summed E-state index contributed by atoms with van der Waals surface area (Å²) in [6.45, 7) is 4.66. The number of nitrogens with zero attached hydrogens (tertiary/aromatic N) is 4. The molecule has 0 spiro atoms. The van der Waals surface area contributed by atoms with E-state index in [0.717, 1.165) is 32.4 Å². The highest BCUT2D eigenvalue weighted by Crippen LogP contribution is 2.01. The molecule has 1 aliphatic rings. The van der Waals surface area contributed by atoms with E-state index in [-0.39, 0.29) is 0 Å². The van der Waals surface area contributed by atoms with Crippen LogP contribution in [0.25, 0.3) is 0 Å². The van der Waals surface area contributed by atoms with E-state index in [9.17, 15) is 19.7 Å². The molecule has 0 aliphatic carbocycles. The average Bonchev–Trinajstić information content (AvgIpc) is 2.39. The highest BCUT2D eigenvalue weighted by atomic mass is 16.6. The number of H-pyrrole nitrogens is 1. The first-order valence-electron chi connectivity index (χ1n) is 6.36. The summed E-state index contributed by atoms with van der Waals surface area (Å²) in [6, 6.07) is 0. The topological polar surface area (TPSA) is 104 Å². The summed E-state index contributed by atoms with van der Waals surface area (Å²) in [5.41, 5.74) is -2.19. The zero-order valence-corrected chi connectivity index (χ0v) is 11.2. The number of piperazine rings is 1. The number of hydrogen-bond donors (Lipinski definition) is 1. The van der Waals surface area contributed by atoms with E-state index >= 15 is 0 Å². The third kappa shape index (κ3) is 3.31. The van der Waals surface area contributed by atoms with Gasteiger partial charge < -0.3 is 4.90 Å². The lowest BCUT2D eigenvalue weighted by molar-refractivity contribution is -0.386. The molecule has 1 fully saturated rings. The molecule has 2 rings (SSSR count). The van der Waals surface area contributed by atoms with E-state index in [4.69, 9.17) is 0 Å². The lowest BCUT2D eigenvalue weighted by Gasteiger charge is -2.32. The van der Waals surface area contributed by atoms with Gasteiger partial charge in [0.15, 0.2) is 0 Å². The SMILES string of the molecule is CN1CCN(CCn2cc([N+](=O)[O-])c(=O)[nH]c2=O)CC1. The second-order valence-electron chi connectivity index (χ2n) is 4.87. The summed E-state index contributed by atoms with van der Waals surface area (Å²) in [6.07, 6.45) is 1.01. The Balaban J connectivity index is 2.06. The van der Waals surface area contributed by atoms with Crippen LogP contribution >= 0.6 is 0 Å². The summed E-state index contributed by atoms with van der Waals surface area (Å²) in [4.78, 5) is 39.1. The number of likely N-dealkylation sites (N-methyl/N-ethyl adjacent to an activating group) is 1. The van der Waals surface area contributed by atoms with Gasteiger partial charge >= 0.3 is 16.9 Å². The van der Waals surface area contributed by atoms with Crippen LogP contribution in [0.4, 0.5) is 5.69 Å². The minimum absolute atomic E-state index is 0.320. The van der Waals surface area contributed by atoms with Crippen LogP contribution < -0.4 is 11.2 Å². The molecule has 0 amide bonds. The lowest BCUT2D eigenvalue weighted by atomic mass is 10.3. The van der Waals surface area contributed by atoms with E-state index in [1.807, 2.05) is 12.0 Å². The first kappa shape index (κ1) is 14.4. The van der Waals surface area contributed by atoms with Crippen molar-refractivity contribution in [3.05, 3.63) is 37.1 Å².